The van der Waals surface area contributed by atoms with Crippen LogP contribution in [-0.2, 0) is 5.41 Å². The highest BCUT2D eigenvalue weighted by molar-refractivity contribution is 5.81. The van der Waals surface area contributed by atoms with Crippen LogP contribution in [0.25, 0.3) is 66.8 Å². The number of hydrogen-bond donors (Lipinski definition) is 0. The molecule has 7 aromatic rings. The van der Waals surface area contributed by atoms with Crippen LogP contribution in [0, 0.1) is 22.7 Å². The lowest BCUT2D eigenvalue weighted by Gasteiger charge is -2.20. The Bertz CT molecular complexity index is 2400. The molecule has 0 aromatic heterocycles. The highest BCUT2D eigenvalue weighted by Crippen LogP contribution is 2.34. The van der Waals surface area contributed by atoms with E-state index in [1.54, 1.807) is 0 Å². The molecule has 7 aromatic carbocycles. The summed E-state index contributed by atoms with van der Waals surface area (Å²) in [6.45, 7) is 6.50. The minimum absolute atomic E-state index is 0.0107. The molecular weight excluding hydrogens is 605 g/mol. The summed E-state index contributed by atoms with van der Waals surface area (Å²) in [4.78, 5) is 0. The smallest absolute Gasteiger partial charge is 0.0998 e. The van der Waals surface area contributed by atoms with Crippen molar-refractivity contribution in [1.82, 2.24) is 0 Å². The van der Waals surface area contributed by atoms with Crippen molar-refractivity contribution in [1.29, 1.82) is 10.5 Å². The van der Waals surface area contributed by atoms with E-state index in [0.717, 1.165) is 72.3 Å². The van der Waals surface area contributed by atoms with Gasteiger partial charge in [0, 0.05) is 0 Å². The quantitative estimate of drug-likeness (QED) is 0.182. The lowest BCUT2D eigenvalue weighted by Crippen LogP contribution is -2.11. The van der Waals surface area contributed by atoms with Gasteiger partial charge in [-0.25, -0.2) is 0 Å². The standard InChI is InChI=1S/C48H36N2/c1-48(2,3)46-23-24-47(45(30-46)32-50)38-21-19-36(20-22-38)40-12-8-14-42(28-40)41-13-7-11-39(27-41)35-15-17-37(18-16-35)44-26-33(31-49)25-43(29-44)34-9-5-4-6-10-34/h4-30H,1-3H3. The molecule has 0 saturated heterocycles. The third-order valence-corrected chi connectivity index (χ3v) is 9.31. The van der Waals surface area contributed by atoms with Crippen LogP contribution in [0.3, 0.4) is 0 Å². The first-order valence-corrected chi connectivity index (χ1v) is 16.9. The lowest BCUT2D eigenvalue weighted by atomic mass is 9.84. The fraction of sp³-hybridized carbons (Fsp3) is 0.0833. The topological polar surface area (TPSA) is 47.6 Å². The van der Waals surface area contributed by atoms with Gasteiger partial charge in [0.15, 0.2) is 0 Å². The molecule has 7 rings (SSSR count). The Hall–Kier alpha value is -6.48. The molecule has 238 valence electrons. The normalized spacial score (nSPS) is 11.1. The molecule has 0 radical (unpaired) electrons. The number of hydrogen-bond acceptors (Lipinski definition) is 2. The summed E-state index contributed by atoms with van der Waals surface area (Å²) in [6.07, 6.45) is 0. The highest BCUT2D eigenvalue weighted by Gasteiger charge is 2.16. The van der Waals surface area contributed by atoms with E-state index in [1.807, 2.05) is 36.4 Å². The van der Waals surface area contributed by atoms with E-state index >= 15 is 0 Å². The molecule has 0 heterocycles. The van der Waals surface area contributed by atoms with Crippen LogP contribution in [0.4, 0.5) is 0 Å². The Labute approximate surface area is 295 Å². The largest absolute Gasteiger partial charge is 0.192 e. The monoisotopic (exact) mass is 640 g/mol. The van der Waals surface area contributed by atoms with Crippen LogP contribution in [-0.4, -0.2) is 0 Å². The summed E-state index contributed by atoms with van der Waals surface area (Å²) >= 11 is 0. The van der Waals surface area contributed by atoms with Gasteiger partial charge in [0.25, 0.3) is 0 Å². The van der Waals surface area contributed by atoms with Crippen molar-refractivity contribution in [3.05, 3.63) is 180 Å². The highest BCUT2D eigenvalue weighted by atomic mass is 14.3. The van der Waals surface area contributed by atoms with Gasteiger partial charge >= 0.3 is 0 Å². The molecule has 0 atom stereocenters. The maximum Gasteiger partial charge on any atom is 0.0998 e. The molecule has 0 amide bonds. The summed E-state index contributed by atoms with van der Waals surface area (Å²) in [6, 6.07) is 61.6. The Kier molecular flexibility index (Phi) is 8.70. The summed E-state index contributed by atoms with van der Waals surface area (Å²) in [5.74, 6) is 0. The van der Waals surface area contributed by atoms with Gasteiger partial charge in [0.1, 0.15) is 0 Å². The van der Waals surface area contributed by atoms with Gasteiger partial charge in [-0.05, 0) is 114 Å². The van der Waals surface area contributed by atoms with E-state index < -0.39 is 0 Å². The maximum absolute atomic E-state index is 9.90. The van der Waals surface area contributed by atoms with Crippen LogP contribution in [0.5, 0.6) is 0 Å². The van der Waals surface area contributed by atoms with Crippen molar-refractivity contribution in [2.45, 2.75) is 26.2 Å². The third-order valence-electron chi connectivity index (χ3n) is 9.31. The first kappa shape index (κ1) is 32.1. The van der Waals surface area contributed by atoms with E-state index in [4.69, 9.17) is 0 Å². The van der Waals surface area contributed by atoms with Crippen LogP contribution < -0.4 is 0 Å². The van der Waals surface area contributed by atoms with Gasteiger partial charge < -0.3 is 0 Å². The van der Waals surface area contributed by atoms with Gasteiger partial charge in [-0.1, -0.05) is 148 Å². The van der Waals surface area contributed by atoms with Crippen molar-refractivity contribution in [3.63, 3.8) is 0 Å². The number of nitrogens with zero attached hydrogens (tertiary/aromatic N) is 2. The van der Waals surface area contributed by atoms with E-state index in [0.29, 0.717) is 11.1 Å². The van der Waals surface area contributed by atoms with Crippen LogP contribution in [0.2, 0.25) is 0 Å². The Morgan fingerprint density at radius 2 is 0.780 bits per heavy atom. The Morgan fingerprint density at radius 3 is 1.26 bits per heavy atom. The Morgan fingerprint density at radius 1 is 0.360 bits per heavy atom. The van der Waals surface area contributed by atoms with E-state index in [-0.39, 0.29) is 5.41 Å². The molecule has 2 heteroatoms. The molecular formula is C48H36N2. The van der Waals surface area contributed by atoms with Gasteiger partial charge in [0.05, 0.1) is 23.3 Å². The molecule has 0 aliphatic carbocycles. The summed E-state index contributed by atoms with van der Waals surface area (Å²) in [5.41, 5.74) is 15.6. The minimum Gasteiger partial charge on any atom is -0.192 e. The predicted molar refractivity (Wildman–Crippen MR) is 207 cm³/mol. The zero-order chi connectivity index (χ0) is 34.7. The van der Waals surface area contributed by atoms with E-state index in [2.05, 4.69) is 160 Å². The van der Waals surface area contributed by atoms with E-state index in [1.165, 1.54) is 0 Å². The average molecular weight is 641 g/mol. The van der Waals surface area contributed by atoms with Crippen molar-refractivity contribution < 1.29 is 0 Å². The van der Waals surface area contributed by atoms with Crippen LogP contribution >= 0.6 is 0 Å². The molecule has 2 nitrogen and oxygen atoms in total. The molecule has 0 N–H and O–H groups in total. The molecule has 0 aliphatic heterocycles. The predicted octanol–water partition coefficient (Wildman–Crippen LogP) is 12.7. The summed E-state index contributed by atoms with van der Waals surface area (Å²) in [5, 5.41) is 19.6. The lowest BCUT2D eigenvalue weighted by molar-refractivity contribution is 0.590. The minimum atomic E-state index is -0.0107. The molecule has 0 unspecified atom stereocenters. The average Bonchev–Trinajstić information content (AvgIpc) is 3.17. The zero-order valence-electron chi connectivity index (χ0n) is 28.5. The molecule has 50 heavy (non-hydrogen) atoms. The van der Waals surface area contributed by atoms with E-state index in [9.17, 15) is 10.5 Å². The number of nitriles is 2. The second-order valence-electron chi connectivity index (χ2n) is 13.7. The van der Waals surface area contributed by atoms with Crippen molar-refractivity contribution in [2.75, 3.05) is 0 Å². The third kappa shape index (κ3) is 6.75. The van der Waals surface area contributed by atoms with Crippen LogP contribution in [0.15, 0.2) is 164 Å². The molecule has 0 fully saturated rings. The summed E-state index contributed by atoms with van der Waals surface area (Å²) in [7, 11) is 0. The molecule has 0 aliphatic rings. The fourth-order valence-corrected chi connectivity index (χ4v) is 6.47. The van der Waals surface area contributed by atoms with Gasteiger partial charge in [-0.15, -0.1) is 0 Å². The molecule has 0 bridgehead atoms. The first-order chi connectivity index (χ1) is 24.3. The Balaban J connectivity index is 1.13. The van der Waals surface area contributed by atoms with Crippen molar-refractivity contribution in [3.8, 4) is 78.9 Å². The van der Waals surface area contributed by atoms with Gasteiger partial charge in [-0.2, -0.15) is 10.5 Å². The SMILES string of the molecule is CC(C)(C)c1ccc(-c2ccc(-c3cccc(-c4cccc(-c5ccc(-c6cc(C#N)cc(-c7ccccc7)c6)cc5)c4)c3)cc2)c(C#N)c1. The molecule has 0 saturated carbocycles. The van der Waals surface area contributed by atoms with Crippen LogP contribution in [0.1, 0.15) is 37.5 Å². The number of rotatable bonds is 6. The second-order valence-corrected chi connectivity index (χ2v) is 13.7. The molecule has 0 spiro atoms. The van der Waals surface area contributed by atoms with Crippen molar-refractivity contribution in [2.24, 2.45) is 0 Å². The first-order valence-electron chi connectivity index (χ1n) is 16.9. The maximum atomic E-state index is 9.90. The zero-order valence-corrected chi connectivity index (χ0v) is 28.5. The number of benzene rings is 7. The fourth-order valence-electron chi connectivity index (χ4n) is 6.47. The van der Waals surface area contributed by atoms with Crippen molar-refractivity contribution >= 4 is 0 Å². The van der Waals surface area contributed by atoms with Gasteiger partial charge in [-0.3, -0.25) is 0 Å². The second kappa shape index (κ2) is 13.6. The van der Waals surface area contributed by atoms with Gasteiger partial charge in [0.2, 0.25) is 0 Å². The summed E-state index contributed by atoms with van der Waals surface area (Å²) < 4.78 is 0.